The van der Waals surface area contributed by atoms with Gasteiger partial charge in [-0.05, 0) is 25.0 Å². The Balaban J connectivity index is 1.82. The molecule has 0 amide bonds. The summed E-state index contributed by atoms with van der Waals surface area (Å²) in [5.74, 6) is 1.36. The Morgan fingerprint density at radius 1 is 1.36 bits per heavy atom. The quantitative estimate of drug-likeness (QED) is 0.661. The predicted octanol–water partition coefficient (Wildman–Crippen LogP) is 2.29. The number of hydrogen-bond donors (Lipinski definition) is 1. The zero-order chi connectivity index (χ0) is 10.1. The number of nitrogens with one attached hydrogen (secondary N) is 1. The topological polar surface area (TPSA) is 21.3 Å². The number of rotatable bonds is 7. The fourth-order valence-corrected chi connectivity index (χ4v) is 2.90. The van der Waals surface area contributed by atoms with E-state index in [0.717, 1.165) is 31.4 Å². The van der Waals surface area contributed by atoms with E-state index in [9.17, 15) is 0 Å². The molecule has 0 saturated carbocycles. The van der Waals surface area contributed by atoms with Crippen molar-refractivity contribution in [2.75, 3.05) is 32.1 Å². The summed E-state index contributed by atoms with van der Waals surface area (Å²) in [5, 5.41) is 4.32. The first-order chi connectivity index (χ1) is 6.93. The van der Waals surface area contributed by atoms with E-state index in [-0.39, 0.29) is 0 Å². The number of ether oxygens (including phenoxy) is 1. The van der Waals surface area contributed by atoms with Crippen LogP contribution < -0.4 is 5.32 Å². The van der Waals surface area contributed by atoms with E-state index in [2.05, 4.69) is 24.0 Å². The van der Waals surface area contributed by atoms with Gasteiger partial charge in [0.25, 0.3) is 0 Å². The molecule has 0 radical (unpaired) electrons. The molecule has 0 spiro atoms. The maximum atomic E-state index is 5.40. The molecule has 1 saturated heterocycles. The van der Waals surface area contributed by atoms with Crippen LogP contribution in [0.1, 0.15) is 32.6 Å². The standard InChI is InChI=1S/C11H23NOS/c1-2-7-13-8-6-12-10-11-5-3-4-9-14-11/h11-12H,2-10H2,1H3. The minimum Gasteiger partial charge on any atom is -0.380 e. The minimum atomic E-state index is 0.856. The highest BCUT2D eigenvalue weighted by molar-refractivity contribution is 7.99. The Labute approximate surface area is 92.2 Å². The van der Waals surface area contributed by atoms with Crippen LogP contribution in [0.2, 0.25) is 0 Å². The summed E-state index contributed by atoms with van der Waals surface area (Å²) in [6, 6.07) is 0. The van der Waals surface area contributed by atoms with Crippen LogP contribution >= 0.6 is 11.8 Å². The lowest BCUT2D eigenvalue weighted by molar-refractivity contribution is 0.136. The zero-order valence-corrected chi connectivity index (χ0v) is 10.1. The smallest absolute Gasteiger partial charge is 0.0590 e. The molecule has 0 aromatic carbocycles. The largest absolute Gasteiger partial charge is 0.380 e. The van der Waals surface area contributed by atoms with Gasteiger partial charge < -0.3 is 10.1 Å². The lowest BCUT2D eigenvalue weighted by Crippen LogP contribution is -2.29. The molecule has 0 aromatic rings. The molecule has 2 nitrogen and oxygen atoms in total. The Hall–Kier alpha value is 0.270. The molecule has 1 aliphatic rings. The predicted molar refractivity (Wildman–Crippen MR) is 64.1 cm³/mol. The van der Waals surface area contributed by atoms with Gasteiger partial charge in [0.1, 0.15) is 0 Å². The summed E-state index contributed by atoms with van der Waals surface area (Å²) in [7, 11) is 0. The molecule has 1 fully saturated rings. The van der Waals surface area contributed by atoms with E-state index in [1.807, 2.05) is 0 Å². The highest BCUT2D eigenvalue weighted by Crippen LogP contribution is 2.23. The van der Waals surface area contributed by atoms with E-state index in [0.29, 0.717) is 0 Å². The van der Waals surface area contributed by atoms with Crippen LogP contribution in [-0.2, 0) is 4.74 Å². The second kappa shape index (κ2) is 8.57. The van der Waals surface area contributed by atoms with Gasteiger partial charge in [0.15, 0.2) is 0 Å². The third kappa shape index (κ3) is 5.89. The van der Waals surface area contributed by atoms with Crippen LogP contribution in [0.3, 0.4) is 0 Å². The third-order valence-electron chi connectivity index (χ3n) is 2.42. The van der Waals surface area contributed by atoms with Gasteiger partial charge in [0, 0.05) is 24.9 Å². The van der Waals surface area contributed by atoms with E-state index >= 15 is 0 Å². The third-order valence-corrected chi connectivity index (χ3v) is 3.82. The van der Waals surface area contributed by atoms with E-state index in [1.54, 1.807) is 0 Å². The van der Waals surface area contributed by atoms with Crippen molar-refractivity contribution >= 4 is 11.8 Å². The normalized spacial score (nSPS) is 22.5. The molecule has 0 bridgehead atoms. The van der Waals surface area contributed by atoms with Gasteiger partial charge in [-0.2, -0.15) is 11.8 Å². The van der Waals surface area contributed by atoms with Gasteiger partial charge in [-0.15, -0.1) is 0 Å². The Morgan fingerprint density at radius 3 is 3.00 bits per heavy atom. The zero-order valence-electron chi connectivity index (χ0n) is 9.26. The van der Waals surface area contributed by atoms with Crippen LogP contribution in [0.15, 0.2) is 0 Å². The monoisotopic (exact) mass is 217 g/mol. The molecule has 1 aliphatic heterocycles. The van der Waals surface area contributed by atoms with Gasteiger partial charge in [0.2, 0.25) is 0 Å². The van der Waals surface area contributed by atoms with Crippen LogP contribution in [0.5, 0.6) is 0 Å². The molecule has 84 valence electrons. The van der Waals surface area contributed by atoms with Crippen LogP contribution in [0.25, 0.3) is 0 Å². The first-order valence-electron chi connectivity index (χ1n) is 5.83. The summed E-state index contributed by atoms with van der Waals surface area (Å²) in [6.07, 6.45) is 5.36. The van der Waals surface area contributed by atoms with Gasteiger partial charge in [-0.1, -0.05) is 13.3 Å². The highest BCUT2D eigenvalue weighted by Gasteiger charge is 2.12. The molecular weight excluding hydrogens is 194 g/mol. The van der Waals surface area contributed by atoms with E-state index in [1.165, 1.54) is 31.6 Å². The van der Waals surface area contributed by atoms with Gasteiger partial charge in [0.05, 0.1) is 6.61 Å². The van der Waals surface area contributed by atoms with Crippen molar-refractivity contribution in [3.63, 3.8) is 0 Å². The van der Waals surface area contributed by atoms with Gasteiger partial charge >= 0.3 is 0 Å². The van der Waals surface area contributed by atoms with E-state index in [4.69, 9.17) is 4.74 Å². The molecule has 1 N–H and O–H groups in total. The average Bonchev–Trinajstić information content (AvgIpc) is 2.25. The lowest BCUT2D eigenvalue weighted by Gasteiger charge is -2.21. The second-order valence-electron chi connectivity index (χ2n) is 3.81. The maximum absolute atomic E-state index is 5.40. The fourth-order valence-electron chi connectivity index (χ4n) is 1.62. The van der Waals surface area contributed by atoms with Crippen molar-refractivity contribution < 1.29 is 4.74 Å². The first kappa shape index (κ1) is 12.3. The first-order valence-corrected chi connectivity index (χ1v) is 6.88. The number of hydrogen-bond acceptors (Lipinski definition) is 3. The SMILES string of the molecule is CCCOCCNCC1CCCCS1. The molecule has 0 aromatic heterocycles. The van der Waals surface area contributed by atoms with Crippen molar-refractivity contribution in [2.24, 2.45) is 0 Å². The van der Waals surface area contributed by atoms with Gasteiger partial charge in [-0.25, -0.2) is 0 Å². The van der Waals surface area contributed by atoms with Crippen molar-refractivity contribution in [2.45, 2.75) is 37.9 Å². The highest BCUT2D eigenvalue weighted by atomic mass is 32.2. The van der Waals surface area contributed by atoms with Crippen molar-refractivity contribution in [1.29, 1.82) is 0 Å². The number of thioether (sulfide) groups is 1. The average molecular weight is 217 g/mol. The van der Waals surface area contributed by atoms with Crippen molar-refractivity contribution in [1.82, 2.24) is 5.32 Å². The molecule has 3 heteroatoms. The van der Waals surface area contributed by atoms with Crippen LogP contribution in [0, 0.1) is 0 Å². The van der Waals surface area contributed by atoms with Crippen molar-refractivity contribution in [3.05, 3.63) is 0 Å². The summed E-state index contributed by atoms with van der Waals surface area (Å²) in [4.78, 5) is 0. The Kier molecular flexibility index (Phi) is 7.55. The molecule has 0 aliphatic carbocycles. The molecule has 1 heterocycles. The molecule has 1 unspecified atom stereocenters. The summed E-state index contributed by atoms with van der Waals surface area (Å²) >= 11 is 2.13. The Morgan fingerprint density at radius 2 is 2.29 bits per heavy atom. The van der Waals surface area contributed by atoms with Gasteiger partial charge in [-0.3, -0.25) is 0 Å². The second-order valence-corrected chi connectivity index (χ2v) is 5.21. The molecule has 1 rings (SSSR count). The summed E-state index contributed by atoms with van der Waals surface area (Å²) in [6.45, 7) is 6.09. The molecular formula is C11H23NOS. The van der Waals surface area contributed by atoms with Crippen LogP contribution in [0.4, 0.5) is 0 Å². The maximum Gasteiger partial charge on any atom is 0.0590 e. The van der Waals surface area contributed by atoms with Crippen molar-refractivity contribution in [3.8, 4) is 0 Å². The summed E-state index contributed by atoms with van der Waals surface area (Å²) < 4.78 is 5.40. The Bertz CT molecular complexity index is 126. The fraction of sp³-hybridized carbons (Fsp3) is 1.00. The molecule has 1 atom stereocenters. The molecule has 14 heavy (non-hydrogen) atoms. The summed E-state index contributed by atoms with van der Waals surface area (Å²) in [5.41, 5.74) is 0. The van der Waals surface area contributed by atoms with Crippen LogP contribution in [-0.4, -0.2) is 37.3 Å². The van der Waals surface area contributed by atoms with E-state index < -0.39 is 0 Å². The lowest BCUT2D eigenvalue weighted by atomic mass is 10.2. The minimum absolute atomic E-state index is 0.856.